The van der Waals surface area contributed by atoms with Crippen molar-refractivity contribution < 1.29 is 9.53 Å². The molecule has 1 fully saturated rings. The number of hydrogen-bond donors (Lipinski definition) is 1. The van der Waals surface area contributed by atoms with Crippen molar-refractivity contribution in [1.82, 2.24) is 10.2 Å². The van der Waals surface area contributed by atoms with Gasteiger partial charge in [-0.25, -0.2) is 0 Å². The molecule has 1 N–H and O–H groups in total. The number of amides is 1. The number of carbonyl (C=O) groups is 1. The van der Waals surface area contributed by atoms with Crippen molar-refractivity contribution in [3.63, 3.8) is 0 Å². The first kappa shape index (κ1) is 15.6. The molecule has 0 aromatic heterocycles. The van der Waals surface area contributed by atoms with Crippen LogP contribution < -0.4 is 10.1 Å². The molecule has 3 rings (SSSR count). The van der Waals surface area contributed by atoms with Crippen LogP contribution in [0.2, 0.25) is 0 Å². The molecule has 1 aliphatic rings. The van der Waals surface area contributed by atoms with Crippen molar-refractivity contribution in [2.24, 2.45) is 0 Å². The Hall–Kier alpha value is -2.33. The van der Waals surface area contributed by atoms with Gasteiger partial charge in [0.05, 0.1) is 0 Å². The summed E-state index contributed by atoms with van der Waals surface area (Å²) in [4.78, 5) is 14.7. The van der Waals surface area contributed by atoms with Crippen LogP contribution in [-0.4, -0.2) is 37.0 Å². The summed E-state index contributed by atoms with van der Waals surface area (Å²) in [5, 5.41) is 3.17. The molecule has 23 heavy (non-hydrogen) atoms. The van der Waals surface area contributed by atoms with Gasteiger partial charge in [0.15, 0.2) is 0 Å². The Morgan fingerprint density at radius 1 is 1.17 bits per heavy atom. The topological polar surface area (TPSA) is 41.6 Å². The molecule has 1 unspecified atom stereocenters. The Bertz CT molecular complexity index is 657. The lowest BCUT2D eigenvalue weighted by Crippen LogP contribution is -2.40. The highest BCUT2D eigenvalue weighted by atomic mass is 16.5. The number of para-hydroxylation sites is 1. The van der Waals surface area contributed by atoms with Crippen LogP contribution in [0.4, 0.5) is 0 Å². The van der Waals surface area contributed by atoms with E-state index in [1.165, 1.54) is 0 Å². The number of likely N-dealkylation sites (tertiary alicyclic amines) is 1. The Kier molecular flexibility index (Phi) is 4.93. The maximum atomic E-state index is 12.8. The lowest BCUT2D eigenvalue weighted by atomic mass is 10.1. The van der Waals surface area contributed by atoms with Gasteiger partial charge >= 0.3 is 0 Å². The van der Waals surface area contributed by atoms with Crippen LogP contribution >= 0.6 is 0 Å². The first-order chi connectivity index (χ1) is 11.3. The summed E-state index contributed by atoms with van der Waals surface area (Å²) in [6, 6.07) is 17.3. The summed E-state index contributed by atoms with van der Waals surface area (Å²) in [5.74, 6) is 1.54. The van der Waals surface area contributed by atoms with E-state index in [1.54, 1.807) is 0 Å². The predicted octanol–water partition coefficient (Wildman–Crippen LogP) is 3.30. The van der Waals surface area contributed by atoms with E-state index in [1.807, 2.05) is 66.5 Å². The number of carbonyl (C=O) groups excluding carboxylic acids is 1. The normalized spacial score (nSPS) is 17.3. The van der Waals surface area contributed by atoms with Crippen LogP contribution in [0.1, 0.15) is 23.2 Å². The first-order valence-corrected chi connectivity index (χ1v) is 8.06. The highest BCUT2D eigenvalue weighted by Crippen LogP contribution is 2.24. The fourth-order valence-electron chi connectivity index (χ4n) is 3.03. The lowest BCUT2D eigenvalue weighted by molar-refractivity contribution is 0.0736. The summed E-state index contributed by atoms with van der Waals surface area (Å²) in [6.45, 7) is 1.67. The average Bonchev–Trinajstić information content (AvgIpc) is 3.04. The van der Waals surface area contributed by atoms with Crippen LogP contribution in [0, 0.1) is 0 Å². The van der Waals surface area contributed by atoms with Crippen LogP contribution in [0.25, 0.3) is 0 Å². The fraction of sp³-hybridized carbons (Fsp3) is 0.316. The van der Waals surface area contributed by atoms with Gasteiger partial charge < -0.3 is 15.0 Å². The minimum Gasteiger partial charge on any atom is -0.457 e. The zero-order chi connectivity index (χ0) is 16.1. The molecule has 1 heterocycles. The second-order valence-electron chi connectivity index (χ2n) is 5.80. The van der Waals surface area contributed by atoms with Crippen LogP contribution in [0.5, 0.6) is 11.5 Å². The van der Waals surface area contributed by atoms with Crippen molar-refractivity contribution in [1.29, 1.82) is 0 Å². The molecular formula is C19H22N2O2. The predicted molar refractivity (Wildman–Crippen MR) is 90.9 cm³/mol. The second-order valence-corrected chi connectivity index (χ2v) is 5.80. The average molecular weight is 310 g/mol. The number of hydrogen-bond acceptors (Lipinski definition) is 3. The summed E-state index contributed by atoms with van der Waals surface area (Å²) >= 11 is 0. The molecule has 1 atom stereocenters. The van der Waals surface area contributed by atoms with Gasteiger partial charge in [-0.05, 0) is 50.2 Å². The SMILES string of the molecule is CNCC1CCCN1C(=O)c1cccc(Oc2ccccc2)c1. The molecule has 4 nitrogen and oxygen atoms in total. The monoisotopic (exact) mass is 310 g/mol. The van der Waals surface area contributed by atoms with Crippen molar-refractivity contribution in [2.45, 2.75) is 18.9 Å². The Morgan fingerprint density at radius 3 is 2.74 bits per heavy atom. The summed E-state index contributed by atoms with van der Waals surface area (Å²) in [7, 11) is 1.93. The molecule has 0 spiro atoms. The maximum absolute atomic E-state index is 12.8. The number of benzene rings is 2. The fourth-order valence-corrected chi connectivity index (χ4v) is 3.03. The van der Waals surface area contributed by atoms with E-state index >= 15 is 0 Å². The van der Waals surface area contributed by atoms with Gasteiger partial charge in [0.1, 0.15) is 11.5 Å². The van der Waals surface area contributed by atoms with Crippen molar-refractivity contribution in [3.8, 4) is 11.5 Å². The van der Waals surface area contributed by atoms with Crippen molar-refractivity contribution >= 4 is 5.91 Å². The van der Waals surface area contributed by atoms with E-state index in [-0.39, 0.29) is 11.9 Å². The molecule has 0 aliphatic carbocycles. The number of nitrogens with one attached hydrogen (secondary N) is 1. The Balaban J connectivity index is 1.75. The molecule has 1 amide bonds. The van der Waals surface area contributed by atoms with E-state index in [4.69, 9.17) is 4.74 Å². The molecule has 1 saturated heterocycles. The van der Waals surface area contributed by atoms with Crippen molar-refractivity contribution in [3.05, 3.63) is 60.2 Å². The van der Waals surface area contributed by atoms with Crippen LogP contribution in [0.15, 0.2) is 54.6 Å². The zero-order valence-electron chi connectivity index (χ0n) is 13.4. The minimum absolute atomic E-state index is 0.0845. The summed E-state index contributed by atoms with van der Waals surface area (Å²) < 4.78 is 5.82. The smallest absolute Gasteiger partial charge is 0.254 e. The summed E-state index contributed by atoms with van der Waals surface area (Å²) in [5.41, 5.74) is 0.682. The van der Waals surface area contributed by atoms with Gasteiger partial charge in [-0.2, -0.15) is 0 Å². The first-order valence-electron chi connectivity index (χ1n) is 8.06. The molecule has 0 saturated carbocycles. The van der Waals surface area contributed by atoms with E-state index < -0.39 is 0 Å². The van der Waals surface area contributed by atoms with Gasteiger partial charge in [0.25, 0.3) is 5.91 Å². The Labute approximate surface area is 137 Å². The van der Waals surface area contributed by atoms with E-state index in [0.29, 0.717) is 11.3 Å². The standard InChI is InChI=1S/C19H22N2O2/c1-20-14-16-8-6-12-21(16)19(22)15-7-5-11-18(13-15)23-17-9-3-2-4-10-17/h2-5,7,9-11,13,16,20H,6,8,12,14H2,1H3. The van der Waals surface area contributed by atoms with E-state index in [9.17, 15) is 4.79 Å². The van der Waals surface area contributed by atoms with Crippen LogP contribution in [0.3, 0.4) is 0 Å². The van der Waals surface area contributed by atoms with Gasteiger partial charge in [-0.3, -0.25) is 4.79 Å². The van der Waals surface area contributed by atoms with E-state index in [0.717, 1.165) is 31.7 Å². The van der Waals surface area contributed by atoms with Crippen LogP contribution in [-0.2, 0) is 0 Å². The molecule has 0 bridgehead atoms. The van der Waals surface area contributed by atoms with Gasteiger partial charge in [-0.1, -0.05) is 24.3 Å². The molecule has 0 radical (unpaired) electrons. The lowest BCUT2D eigenvalue weighted by Gasteiger charge is -2.24. The third-order valence-corrected chi connectivity index (χ3v) is 4.14. The highest BCUT2D eigenvalue weighted by Gasteiger charge is 2.28. The molecular weight excluding hydrogens is 288 g/mol. The zero-order valence-corrected chi connectivity index (χ0v) is 13.4. The second kappa shape index (κ2) is 7.29. The van der Waals surface area contributed by atoms with Gasteiger partial charge in [0.2, 0.25) is 0 Å². The van der Waals surface area contributed by atoms with E-state index in [2.05, 4.69) is 5.32 Å². The minimum atomic E-state index is 0.0845. The molecule has 120 valence electrons. The number of ether oxygens (including phenoxy) is 1. The third kappa shape index (κ3) is 3.71. The number of nitrogens with zero attached hydrogens (tertiary/aromatic N) is 1. The number of rotatable bonds is 5. The Morgan fingerprint density at radius 2 is 1.96 bits per heavy atom. The van der Waals surface area contributed by atoms with Gasteiger partial charge in [-0.15, -0.1) is 0 Å². The molecule has 1 aliphatic heterocycles. The molecule has 2 aromatic carbocycles. The summed E-state index contributed by atoms with van der Waals surface area (Å²) in [6.07, 6.45) is 2.13. The maximum Gasteiger partial charge on any atom is 0.254 e. The highest BCUT2D eigenvalue weighted by molar-refractivity contribution is 5.95. The third-order valence-electron chi connectivity index (χ3n) is 4.14. The number of likely N-dealkylation sites (N-methyl/N-ethyl adjacent to an activating group) is 1. The molecule has 4 heteroatoms. The largest absolute Gasteiger partial charge is 0.457 e. The molecule has 2 aromatic rings. The quantitative estimate of drug-likeness (QED) is 0.921. The van der Waals surface area contributed by atoms with Crippen molar-refractivity contribution in [2.75, 3.05) is 20.1 Å². The van der Waals surface area contributed by atoms with Gasteiger partial charge in [0, 0.05) is 24.7 Å².